The van der Waals surface area contributed by atoms with E-state index in [0.29, 0.717) is 0 Å². The van der Waals surface area contributed by atoms with E-state index < -0.39 is 8.80 Å². The zero-order chi connectivity index (χ0) is 15.0. The molecule has 0 aliphatic carbocycles. The van der Waals surface area contributed by atoms with Gasteiger partial charge in [-0.2, -0.15) is 0 Å². The summed E-state index contributed by atoms with van der Waals surface area (Å²) in [5.74, 6) is 0. The van der Waals surface area contributed by atoms with Crippen LogP contribution in [0, 0.1) is 0 Å². The summed E-state index contributed by atoms with van der Waals surface area (Å²) in [6, 6.07) is 10.3. The number of benzene rings is 1. The van der Waals surface area contributed by atoms with Crippen LogP contribution >= 0.6 is 11.8 Å². The summed E-state index contributed by atoms with van der Waals surface area (Å²) in [5, 5.41) is 0.202. The zero-order valence-corrected chi connectivity index (χ0v) is 14.5. The first-order valence-electron chi connectivity index (χ1n) is 6.65. The lowest BCUT2D eigenvalue weighted by atomic mass is 10.1. The highest BCUT2D eigenvalue weighted by Crippen LogP contribution is 2.38. The van der Waals surface area contributed by atoms with Crippen LogP contribution in [0.3, 0.4) is 0 Å². The van der Waals surface area contributed by atoms with Crippen molar-refractivity contribution in [2.24, 2.45) is 0 Å². The van der Waals surface area contributed by atoms with E-state index in [9.17, 15) is 0 Å². The van der Waals surface area contributed by atoms with Gasteiger partial charge in [-0.05, 0) is 12.0 Å². The minimum atomic E-state index is -2.64. The third-order valence-electron chi connectivity index (χ3n) is 3.27. The number of thioether (sulfide) groups is 1. The van der Waals surface area contributed by atoms with Gasteiger partial charge in [-0.1, -0.05) is 43.3 Å². The molecule has 2 unspecified atom stereocenters. The van der Waals surface area contributed by atoms with Crippen molar-refractivity contribution in [1.29, 1.82) is 0 Å². The molecule has 20 heavy (non-hydrogen) atoms. The van der Waals surface area contributed by atoms with Crippen LogP contribution in [0.25, 0.3) is 0 Å². The SMILES string of the molecule is C=CC(SC(CC)[Si](OC)(OC)OC)c1ccccc1. The predicted molar refractivity (Wildman–Crippen MR) is 87.8 cm³/mol. The quantitative estimate of drug-likeness (QED) is 0.511. The fraction of sp³-hybridized carbons (Fsp3) is 0.467. The van der Waals surface area contributed by atoms with Gasteiger partial charge in [0.05, 0.1) is 4.87 Å². The molecule has 0 saturated heterocycles. The maximum atomic E-state index is 5.61. The van der Waals surface area contributed by atoms with E-state index in [-0.39, 0.29) is 10.1 Å². The Bertz CT molecular complexity index is 387. The van der Waals surface area contributed by atoms with Crippen molar-refractivity contribution >= 4 is 20.6 Å². The molecule has 0 bridgehead atoms. The highest BCUT2D eigenvalue weighted by Gasteiger charge is 2.47. The minimum absolute atomic E-state index is 0.172. The smallest absolute Gasteiger partial charge is 0.376 e. The fourth-order valence-corrected chi connectivity index (χ4v) is 6.90. The molecule has 3 nitrogen and oxygen atoms in total. The van der Waals surface area contributed by atoms with Crippen molar-refractivity contribution in [3.05, 3.63) is 48.6 Å². The van der Waals surface area contributed by atoms with Gasteiger partial charge >= 0.3 is 8.80 Å². The van der Waals surface area contributed by atoms with Crippen LogP contribution in [0.4, 0.5) is 0 Å². The van der Waals surface area contributed by atoms with Crippen molar-refractivity contribution in [3.63, 3.8) is 0 Å². The Morgan fingerprint density at radius 1 is 1.15 bits per heavy atom. The van der Waals surface area contributed by atoms with Crippen molar-refractivity contribution in [1.82, 2.24) is 0 Å². The van der Waals surface area contributed by atoms with E-state index in [1.165, 1.54) is 5.56 Å². The molecule has 0 heterocycles. The molecule has 0 N–H and O–H groups in total. The van der Waals surface area contributed by atoms with Gasteiger partial charge in [0.25, 0.3) is 0 Å². The molecule has 0 amide bonds. The Morgan fingerprint density at radius 3 is 2.10 bits per heavy atom. The van der Waals surface area contributed by atoms with E-state index in [4.69, 9.17) is 13.3 Å². The van der Waals surface area contributed by atoms with Crippen LogP contribution in [-0.4, -0.2) is 35.0 Å². The molecular weight excluding hydrogens is 288 g/mol. The van der Waals surface area contributed by atoms with Crippen molar-refractivity contribution < 1.29 is 13.3 Å². The Kier molecular flexibility index (Phi) is 7.54. The lowest BCUT2D eigenvalue weighted by molar-refractivity contribution is 0.121. The van der Waals surface area contributed by atoms with Gasteiger partial charge in [0.15, 0.2) is 0 Å². The van der Waals surface area contributed by atoms with Crippen LogP contribution in [0.1, 0.15) is 24.2 Å². The van der Waals surface area contributed by atoms with Gasteiger partial charge in [0.2, 0.25) is 0 Å². The van der Waals surface area contributed by atoms with E-state index in [1.807, 2.05) is 24.3 Å². The monoisotopic (exact) mass is 312 g/mol. The molecule has 0 radical (unpaired) electrons. The van der Waals surface area contributed by atoms with Crippen LogP contribution in [-0.2, 0) is 13.3 Å². The summed E-state index contributed by atoms with van der Waals surface area (Å²) in [6.45, 7) is 6.08. The first-order chi connectivity index (χ1) is 9.67. The number of hydrogen-bond acceptors (Lipinski definition) is 4. The van der Waals surface area contributed by atoms with Gasteiger partial charge < -0.3 is 13.3 Å². The van der Waals surface area contributed by atoms with Gasteiger partial charge in [0.1, 0.15) is 0 Å². The maximum absolute atomic E-state index is 5.61. The summed E-state index contributed by atoms with van der Waals surface area (Å²) in [7, 11) is 2.34. The lowest BCUT2D eigenvalue weighted by Gasteiger charge is -2.33. The van der Waals surface area contributed by atoms with Crippen molar-refractivity contribution in [2.45, 2.75) is 23.5 Å². The molecule has 1 aromatic carbocycles. The second-order valence-corrected chi connectivity index (χ2v) is 9.21. The number of hydrogen-bond donors (Lipinski definition) is 0. The van der Waals surface area contributed by atoms with E-state index in [0.717, 1.165) is 6.42 Å². The summed E-state index contributed by atoms with van der Waals surface area (Å²) >= 11 is 1.79. The Labute approximate surface area is 127 Å². The first-order valence-corrected chi connectivity index (χ1v) is 9.40. The normalized spacial score (nSPS) is 14.8. The highest BCUT2D eigenvalue weighted by atomic mass is 32.2. The highest BCUT2D eigenvalue weighted by molar-refractivity contribution is 8.01. The predicted octanol–water partition coefficient (Wildman–Crippen LogP) is 3.84. The second-order valence-electron chi connectivity index (χ2n) is 4.32. The molecular formula is C15H24O3SSi. The molecule has 0 saturated carbocycles. The fourth-order valence-electron chi connectivity index (χ4n) is 2.16. The average molecular weight is 313 g/mol. The second kappa shape index (κ2) is 8.64. The standard InChI is InChI=1S/C15H24O3SSi/c1-6-14(13-11-9-8-10-12-13)19-15(7-2)20(16-3,17-4)18-5/h6,8-12,14-15H,1,7H2,2-5H3. The molecule has 1 aromatic rings. The van der Waals surface area contributed by atoms with Gasteiger partial charge in [-0.3, -0.25) is 0 Å². The average Bonchev–Trinajstić information content (AvgIpc) is 2.53. The van der Waals surface area contributed by atoms with Crippen LogP contribution in [0.15, 0.2) is 43.0 Å². The molecule has 0 fully saturated rings. The molecule has 5 heteroatoms. The Hall–Kier alpha value is -0.593. The molecule has 2 atom stereocenters. The molecule has 0 aromatic heterocycles. The summed E-state index contributed by atoms with van der Waals surface area (Å²) in [6.07, 6.45) is 2.88. The van der Waals surface area contributed by atoms with Crippen LogP contribution in [0.5, 0.6) is 0 Å². The van der Waals surface area contributed by atoms with Gasteiger partial charge in [0, 0.05) is 26.6 Å². The van der Waals surface area contributed by atoms with Crippen molar-refractivity contribution in [2.75, 3.05) is 21.3 Å². The van der Waals surface area contributed by atoms with Gasteiger partial charge in [-0.15, -0.1) is 18.3 Å². The van der Waals surface area contributed by atoms with Gasteiger partial charge in [-0.25, -0.2) is 0 Å². The molecule has 112 valence electrons. The summed E-state index contributed by atoms with van der Waals surface area (Å²) in [5.41, 5.74) is 1.23. The van der Waals surface area contributed by atoms with E-state index >= 15 is 0 Å². The van der Waals surface area contributed by atoms with E-state index in [1.54, 1.807) is 33.1 Å². The molecule has 0 spiro atoms. The Morgan fingerprint density at radius 2 is 1.70 bits per heavy atom. The minimum Gasteiger partial charge on any atom is -0.376 e. The Balaban J connectivity index is 2.93. The maximum Gasteiger partial charge on any atom is 0.513 e. The first kappa shape index (κ1) is 17.5. The number of rotatable bonds is 9. The molecule has 1 rings (SSSR count). The topological polar surface area (TPSA) is 27.7 Å². The third-order valence-corrected chi connectivity index (χ3v) is 8.87. The lowest BCUT2D eigenvalue weighted by Crippen LogP contribution is -2.52. The van der Waals surface area contributed by atoms with Crippen LogP contribution in [0.2, 0.25) is 0 Å². The van der Waals surface area contributed by atoms with E-state index in [2.05, 4.69) is 25.6 Å². The zero-order valence-electron chi connectivity index (χ0n) is 12.7. The third kappa shape index (κ3) is 3.96. The summed E-state index contributed by atoms with van der Waals surface area (Å²) in [4.78, 5) is 0.172. The molecule has 0 aliphatic rings. The summed E-state index contributed by atoms with van der Waals surface area (Å²) < 4.78 is 16.8. The van der Waals surface area contributed by atoms with Crippen LogP contribution < -0.4 is 0 Å². The largest absolute Gasteiger partial charge is 0.513 e. The molecule has 0 aliphatic heterocycles. The van der Waals surface area contributed by atoms with Crippen molar-refractivity contribution in [3.8, 4) is 0 Å².